The molecule has 0 saturated heterocycles. The average molecular weight is 346 g/mol. The first-order valence-electron chi connectivity index (χ1n) is 7.05. The lowest BCUT2D eigenvalue weighted by Gasteiger charge is -2.08. The van der Waals surface area contributed by atoms with Crippen molar-refractivity contribution >= 4 is 21.8 Å². The molecule has 2 aromatic carbocycles. The van der Waals surface area contributed by atoms with Crippen LogP contribution in [0.5, 0.6) is 0 Å². The van der Waals surface area contributed by atoms with Gasteiger partial charge in [0.25, 0.3) is 0 Å². The highest BCUT2D eigenvalue weighted by Gasteiger charge is 2.04. The molecule has 110 valence electrons. The van der Waals surface area contributed by atoms with Gasteiger partial charge in [0, 0.05) is 11.9 Å². The summed E-state index contributed by atoms with van der Waals surface area (Å²) in [5.74, 6) is 0.0582. The van der Waals surface area contributed by atoms with Gasteiger partial charge in [-0.2, -0.15) is 0 Å². The molecule has 0 bridgehead atoms. The second kappa shape index (κ2) is 7.41. The minimum Gasteiger partial charge on any atom is -0.352 e. The summed E-state index contributed by atoms with van der Waals surface area (Å²) in [6, 6.07) is 14.4. The van der Waals surface area contributed by atoms with Crippen LogP contribution in [0, 0.1) is 13.8 Å². The molecule has 0 atom stereocenters. The lowest BCUT2D eigenvalue weighted by molar-refractivity contribution is -0.120. The average Bonchev–Trinajstić information content (AvgIpc) is 2.49. The molecule has 0 spiro atoms. The standard InChI is InChI=1S/C18H20BrNO/c1-13-3-4-17(9-14(13)2)10-18(21)20-12-16-7-5-15(11-19)6-8-16/h3-9H,10-12H2,1-2H3,(H,20,21). The number of hydrogen-bond acceptors (Lipinski definition) is 1. The summed E-state index contributed by atoms with van der Waals surface area (Å²) < 4.78 is 0. The topological polar surface area (TPSA) is 29.1 Å². The van der Waals surface area contributed by atoms with Crippen LogP contribution in [0.1, 0.15) is 27.8 Å². The monoisotopic (exact) mass is 345 g/mol. The van der Waals surface area contributed by atoms with Gasteiger partial charge in [-0.1, -0.05) is 58.4 Å². The van der Waals surface area contributed by atoms with Crippen LogP contribution in [0.25, 0.3) is 0 Å². The maximum Gasteiger partial charge on any atom is 0.224 e. The molecule has 0 heterocycles. The second-order valence-electron chi connectivity index (χ2n) is 5.32. The molecule has 0 aliphatic heterocycles. The van der Waals surface area contributed by atoms with E-state index < -0.39 is 0 Å². The van der Waals surface area contributed by atoms with Crippen molar-refractivity contribution in [3.63, 3.8) is 0 Å². The normalized spacial score (nSPS) is 10.4. The molecule has 0 aromatic heterocycles. The zero-order chi connectivity index (χ0) is 15.2. The van der Waals surface area contributed by atoms with Crippen molar-refractivity contribution in [2.75, 3.05) is 0 Å². The van der Waals surface area contributed by atoms with E-state index in [1.807, 2.05) is 18.2 Å². The van der Waals surface area contributed by atoms with Gasteiger partial charge in [0.2, 0.25) is 5.91 Å². The maximum absolute atomic E-state index is 12.0. The van der Waals surface area contributed by atoms with Crippen molar-refractivity contribution in [2.45, 2.75) is 32.1 Å². The SMILES string of the molecule is Cc1ccc(CC(=O)NCc2ccc(CBr)cc2)cc1C. The van der Waals surface area contributed by atoms with E-state index in [1.54, 1.807) is 0 Å². The van der Waals surface area contributed by atoms with Gasteiger partial charge in [0.1, 0.15) is 0 Å². The molecule has 0 unspecified atom stereocenters. The van der Waals surface area contributed by atoms with Gasteiger partial charge in [0.15, 0.2) is 0 Å². The van der Waals surface area contributed by atoms with E-state index in [-0.39, 0.29) is 5.91 Å². The van der Waals surface area contributed by atoms with Crippen molar-refractivity contribution in [3.8, 4) is 0 Å². The van der Waals surface area contributed by atoms with E-state index >= 15 is 0 Å². The fourth-order valence-electron chi connectivity index (χ4n) is 2.11. The van der Waals surface area contributed by atoms with Crippen LogP contribution in [0.15, 0.2) is 42.5 Å². The first-order chi connectivity index (χ1) is 10.1. The maximum atomic E-state index is 12.0. The van der Waals surface area contributed by atoms with E-state index in [0.29, 0.717) is 13.0 Å². The number of hydrogen-bond donors (Lipinski definition) is 1. The molecule has 0 saturated carbocycles. The molecule has 0 radical (unpaired) electrons. The Hall–Kier alpha value is -1.61. The van der Waals surface area contributed by atoms with Crippen LogP contribution in [-0.2, 0) is 23.1 Å². The number of rotatable bonds is 5. The molecule has 0 fully saturated rings. The number of nitrogens with one attached hydrogen (secondary N) is 1. The third-order valence-electron chi connectivity index (χ3n) is 3.60. The highest BCUT2D eigenvalue weighted by molar-refractivity contribution is 9.08. The Kier molecular flexibility index (Phi) is 5.57. The fraction of sp³-hybridized carbons (Fsp3) is 0.278. The highest BCUT2D eigenvalue weighted by atomic mass is 79.9. The van der Waals surface area contributed by atoms with E-state index in [4.69, 9.17) is 0 Å². The van der Waals surface area contributed by atoms with Crippen LogP contribution in [0.3, 0.4) is 0 Å². The van der Waals surface area contributed by atoms with Gasteiger partial charge in [-0.25, -0.2) is 0 Å². The molecule has 2 nitrogen and oxygen atoms in total. The van der Waals surface area contributed by atoms with Crippen molar-refractivity contribution < 1.29 is 4.79 Å². The number of carbonyl (C=O) groups excluding carboxylic acids is 1. The van der Waals surface area contributed by atoms with Gasteiger partial charge in [-0.15, -0.1) is 0 Å². The number of benzene rings is 2. The predicted molar refractivity (Wildman–Crippen MR) is 90.5 cm³/mol. The van der Waals surface area contributed by atoms with Crippen LogP contribution in [0.2, 0.25) is 0 Å². The summed E-state index contributed by atoms with van der Waals surface area (Å²) in [4.78, 5) is 12.0. The zero-order valence-corrected chi connectivity index (χ0v) is 14.0. The number of aryl methyl sites for hydroxylation is 2. The van der Waals surface area contributed by atoms with Crippen LogP contribution in [0.4, 0.5) is 0 Å². The Morgan fingerprint density at radius 1 is 0.952 bits per heavy atom. The first-order valence-corrected chi connectivity index (χ1v) is 8.17. The summed E-state index contributed by atoms with van der Waals surface area (Å²) in [6.07, 6.45) is 0.431. The Balaban J connectivity index is 1.87. The summed E-state index contributed by atoms with van der Waals surface area (Å²) >= 11 is 3.42. The Bertz CT molecular complexity index is 620. The zero-order valence-electron chi connectivity index (χ0n) is 12.4. The van der Waals surface area contributed by atoms with E-state index in [9.17, 15) is 4.79 Å². The summed E-state index contributed by atoms with van der Waals surface area (Å²) in [7, 11) is 0. The van der Waals surface area contributed by atoms with Gasteiger partial charge < -0.3 is 5.32 Å². The lowest BCUT2D eigenvalue weighted by Crippen LogP contribution is -2.24. The van der Waals surface area contributed by atoms with E-state index in [0.717, 1.165) is 16.5 Å². The molecule has 2 aromatic rings. The van der Waals surface area contributed by atoms with Crippen molar-refractivity contribution in [2.24, 2.45) is 0 Å². The number of amides is 1. The summed E-state index contributed by atoms with van der Waals surface area (Å²) in [5.41, 5.74) is 5.90. The number of alkyl halides is 1. The minimum atomic E-state index is 0.0582. The third-order valence-corrected chi connectivity index (χ3v) is 4.25. The number of carbonyl (C=O) groups is 1. The highest BCUT2D eigenvalue weighted by Crippen LogP contribution is 2.11. The Morgan fingerprint density at radius 2 is 1.57 bits per heavy atom. The van der Waals surface area contributed by atoms with Gasteiger partial charge in [-0.3, -0.25) is 4.79 Å². The lowest BCUT2D eigenvalue weighted by atomic mass is 10.0. The molecule has 2 rings (SSSR count). The van der Waals surface area contributed by atoms with Gasteiger partial charge in [0.05, 0.1) is 6.42 Å². The van der Waals surface area contributed by atoms with E-state index in [2.05, 4.69) is 59.4 Å². The Morgan fingerprint density at radius 3 is 2.19 bits per heavy atom. The molecule has 1 amide bonds. The molecule has 21 heavy (non-hydrogen) atoms. The van der Waals surface area contributed by atoms with Crippen molar-refractivity contribution in [3.05, 3.63) is 70.3 Å². The van der Waals surface area contributed by atoms with Crippen molar-refractivity contribution in [1.82, 2.24) is 5.32 Å². The van der Waals surface area contributed by atoms with Gasteiger partial charge in [-0.05, 0) is 41.7 Å². The molecular weight excluding hydrogens is 326 g/mol. The van der Waals surface area contributed by atoms with Gasteiger partial charge >= 0.3 is 0 Å². The second-order valence-corrected chi connectivity index (χ2v) is 5.88. The smallest absolute Gasteiger partial charge is 0.224 e. The predicted octanol–water partition coefficient (Wildman–Crippen LogP) is 4.06. The summed E-state index contributed by atoms with van der Waals surface area (Å²) in [6.45, 7) is 4.73. The molecule has 3 heteroatoms. The third kappa shape index (κ3) is 4.71. The number of halogens is 1. The Labute approximate surface area is 134 Å². The fourth-order valence-corrected chi connectivity index (χ4v) is 2.48. The first kappa shape index (κ1) is 15.8. The molecule has 0 aliphatic rings. The van der Waals surface area contributed by atoms with Crippen LogP contribution >= 0.6 is 15.9 Å². The van der Waals surface area contributed by atoms with Crippen LogP contribution < -0.4 is 5.32 Å². The van der Waals surface area contributed by atoms with Crippen LogP contribution in [-0.4, -0.2) is 5.91 Å². The van der Waals surface area contributed by atoms with Crippen molar-refractivity contribution in [1.29, 1.82) is 0 Å². The minimum absolute atomic E-state index is 0.0582. The largest absolute Gasteiger partial charge is 0.352 e. The molecular formula is C18H20BrNO. The molecule has 1 N–H and O–H groups in total. The summed E-state index contributed by atoms with van der Waals surface area (Å²) in [5, 5.41) is 3.82. The molecule has 0 aliphatic carbocycles. The van der Waals surface area contributed by atoms with E-state index in [1.165, 1.54) is 16.7 Å². The quantitative estimate of drug-likeness (QED) is 0.813.